The van der Waals surface area contributed by atoms with Gasteiger partial charge >= 0.3 is 0 Å². The van der Waals surface area contributed by atoms with Crippen molar-refractivity contribution in [2.24, 2.45) is 12.5 Å². The molecule has 0 bridgehead atoms. The molecule has 1 aromatic carbocycles. The van der Waals surface area contributed by atoms with E-state index in [1.165, 1.54) is 48.1 Å². The molecule has 0 saturated heterocycles. The van der Waals surface area contributed by atoms with E-state index in [4.69, 9.17) is 0 Å². The summed E-state index contributed by atoms with van der Waals surface area (Å²) in [6.45, 7) is 9.16. The van der Waals surface area contributed by atoms with Gasteiger partial charge in [0.15, 0.2) is 6.20 Å². The molecule has 2 aromatic rings. The molecule has 1 heteroatoms. The van der Waals surface area contributed by atoms with E-state index in [1.807, 2.05) is 0 Å². The van der Waals surface area contributed by atoms with Gasteiger partial charge in [0.2, 0.25) is 5.69 Å². The largest absolute Gasteiger partial charge is 0.212 e. The number of hydrogen-bond acceptors (Lipinski definition) is 0. The molecule has 23 heavy (non-hydrogen) atoms. The molecule has 0 radical (unpaired) electrons. The predicted molar refractivity (Wildman–Crippen MR) is 97.6 cm³/mol. The molecule has 0 saturated carbocycles. The van der Waals surface area contributed by atoms with E-state index < -0.39 is 0 Å². The minimum Gasteiger partial charge on any atom is -0.201 e. The van der Waals surface area contributed by atoms with Crippen LogP contribution in [0.2, 0.25) is 0 Å². The first-order valence-electron chi connectivity index (χ1n) is 8.95. The van der Waals surface area contributed by atoms with Crippen LogP contribution in [0, 0.1) is 12.3 Å². The summed E-state index contributed by atoms with van der Waals surface area (Å²) < 4.78 is 2.30. The Balaban J connectivity index is 1.99. The first kappa shape index (κ1) is 16.2. The minimum absolute atomic E-state index is 0.330. The predicted octanol–water partition coefficient (Wildman–Crippen LogP) is 4.95. The maximum atomic E-state index is 2.45. The molecule has 1 aliphatic carbocycles. The van der Waals surface area contributed by atoms with E-state index >= 15 is 0 Å². The molecular formula is C22H30N+. The lowest BCUT2D eigenvalue weighted by Gasteiger charge is -2.19. The Kier molecular flexibility index (Phi) is 4.31. The summed E-state index contributed by atoms with van der Waals surface area (Å²) in [4.78, 5) is 0. The van der Waals surface area contributed by atoms with Crippen LogP contribution in [0.1, 0.15) is 55.9 Å². The van der Waals surface area contributed by atoms with Crippen LogP contribution in [-0.2, 0) is 26.3 Å². The fraction of sp³-hybridized carbons (Fsp3) is 0.500. The number of pyridine rings is 1. The number of nitrogens with zero attached hydrogens (tertiary/aromatic N) is 1. The number of fused-ring (bicyclic) bond motifs is 1. The van der Waals surface area contributed by atoms with Crippen LogP contribution in [-0.4, -0.2) is 0 Å². The number of benzene rings is 1. The van der Waals surface area contributed by atoms with E-state index in [1.54, 1.807) is 11.1 Å². The van der Waals surface area contributed by atoms with Crippen LogP contribution >= 0.6 is 0 Å². The molecule has 0 atom stereocenters. The second kappa shape index (κ2) is 6.11. The van der Waals surface area contributed by atoms with E-state index in [2.05, 4.69) is 69.8 Å². The van der Waals surface area contributed by atoms with Crippen molar-refractivity contribution in [3.8, 4) is 11.3 Å². The van der Waals surface area contributed by atoms with Crippen LogP contribution in [0.3, 0.4) is 0 Å². The van der Waals surface area contributed by atoms with Crippen molar-refractivity contribution in [3.05, 3.63) is 52.7 Å². The number of rotatable bonds is 2. The molecule has 1 heterocycles. The van der Waals surface area contributed by atoms with Crippen LogP contribution in [0.25, 0.3) is 11.3 Å². The normalized spacial score (nSPS) is 14.7. The zero-order valence-electron chi connectivity index (χ0n) is 15.4. The Morgan fingerprint density at radius 2 is 1.65 bits per heavy atom. The highest BCUT2D eigenvalue weighted by molar-refractivity contribution is 5.63. The standard InChI is InChI=1S/C22H30N/c1-16-12-18-8-6-7-9-19(18)13-20(16)21-11-10-17(15-23(21)5)14-22(2,3)4/h10-13,15H,6-9,14H2,1-5H3/q+1. The van der Waals surface area contributed by atoms with Gasteiger partial charge < -0.3 is 0 Å². The van der Waals surface area contributed by atoms with Crippen molar-refractivity contribution in [1.82, 2.24) is 0 Å². The van der Waals surface area contributed by atoms with Crippen molar-refractivity contribution in [2.45, 2.75) is 59.8 Å². The molecule has 0 unspecified atom stereocenters. The Bertz CT molecular complexity index is 719. The van der Waals surface area contributed by atoms with Crippen molar-refractivity contribution < 1.29 is 4.57 Å². The summed E-state index contributed by atoms with van der Waals surface area (Å²) in [6.07, 6.45) is 8.61. The maximum Gasteiger partial charge on any atom is 0.212 e. The minimum atomic E-state index is 0.330. The summed E-state index contributed by atoms with van der Waals surface area (Å²) >= 11 is 0. The highest BCUT2D eigenvalue weighted by atomic mass is 14.9. The van der Waals surface area contributed by atoms with Crippen molar-refractivity contribution in [3.63, 3.8) is 0 Å². The molecule has 3 rings (SSSR count). The summed E-state index contributed by atoms with van der Waals surface area (Å²) in [7, 11) is 2.18. The van der Waals surface area contributed by atoms with E-state index in [0.29, 0.717) is 5.41 Å². The zero-order valence-corrected chi connectivity index (χ0v) is 15.4. The Hall–Kier alpha value is -1.63. The average molecular weight is 308 g/mol. The van der Waals surface area contributed by atoms with Crippen LogP contribution in [0.5, 0.6) is 0 Å². The van der Waals surface area contributed by atoms with Crippen molar-refractivity contribution in [2.75, 3.05) is 0 Å². The van der Waals surface area contributed by atoms with E-state index in [0.717, 1.165) is 6.42 Å². The van der Waals surface area contributed by atoms with Gasteiger partial charge in [-0.1, -0.05) is 26.8 Å². The highest BCUT2D eigenvalue weighted by Gasteiger charge is 2.19. The lowest BCUT2D eigenvalue weighted by molar-refractivity contribution is -0.660. The summed E-state index contributed by atoms with van der Waals surface area (Å²) in [5.41, 5.74) is 9.02. The molecule has 122 valence electrons. The van der Waals surface area contributed by atoms with Crippen LogP contribution in [0.15, 0.2) is 30.5 Å². The monoisotopic (exact) mass is 308 g/mol. The first-order valence-corrected chi connectivity index (χ1v) is 8.95. The third-order valence-corrected chi connectivity index (χ3v) is 4.89. The summed E-state index contributed by atoms with van der Waals surface area (Å²) in [6, 6.07) is 9.48. The molecule has 0 N–H and O–H groups in total. The Morgan fingerprint density at radius 1 is 1.00 bits per heavy atom. The smallest absolute Gasteiger partial charge is 0.201 e. The fourth-order valence-corrected chi connectivity index (χ4v) is 3.85. The van der Waals surface area contributed by atoms with Gasteiger partial charge in [-0.05, 0) is 73.3 Å². The number of hydrogen-bond donors (Lipinski definition) is 0. The topological polar surface area (TPSA) is 3.88 Å². The molecule has 1 nitrogen and oxygen atoms in total. The van der Waals surface area contributed by atoms with Gasteiger partial charge in [0.05, 0.1) is 0 Å². The quantitative estimate of drug-likeness (QED) is 0.691. The SMILES string of the molecule is Cc1cc2c(cc1-c1ccc(CC(C)(C)C)c[n+]1C)CCCC2. The van der Waals surface area contributed by atoms with E-state index in [9.17, 15) is 0 Å². The fourth-order valence-electron chi connectivity index (χ4n) is 3.85. The molecule has 0 fully saturated rings. The molecule has 1 aromatic heterocycles. The van der Waals surface area contributed by atoms with Crippen LogP contribution in [0.4, 0.5) is 0 Å². The summed E-state index contributed by atoms with van der Waals surface area (Å²) in [5, 5.41) is 0. The molecule has 1 aliphatic rings. The van der Waals surface area contributed by atoms with Gasteiger partial charge in [-0.15, -0.1) is 0 Å². The molecular weight excluding hydrogens is 278 g/mol. The van der Waals surface area contributed by atoms with Gasteiger partial charge in [-0.25, -0.2) is 4.57 Å². The number of aryl methyl sites for hydroxylation is 4. The average Bonchev–Trinajstić information content (AvgIpc) is 2.45. The third kappa shape index (κ3) is 3.65. The van der Waals surface area contributed by atoms with Gasteiger partial charge in [0.25, 0.3) is 0 Å². The van der Waals surface area contributed by atoms with E-state index in [-0.39, 0.29) is 0 Å². The van der Waals surface area contributed by atoms with Gasteiger partial charge in [-0.3, -0.25) is 0 Å². The second-order valence-electron chi connectivity index (χ2n) is 8.41. The van der Waals surface area contributed by atoms with Gasteiger partial charge in [0, 0.05) is 17.2 Å². The molecule has 0 amide bonds. The molecule has 0 spiro atoms. The van der Waals surface area contributed by atoms with Crippen molar-refractivity contribution >= 4 is 0 Å². The van der Waals surface area contributed by atoms with Gasteiger partial charge in [0.1, 0.15) is 7.05 Å². The van der Waals surface area contributed by atoms with Gasteiger partial charge in [-0.2, -0.15) is 0 Å². The van der Waals surface area contributed by atoms with Crippen LogP contribution < -0.4 is 4.57 Å². The summed E-state index contributed by atoms with van der Waals surface area (Å²) in [5.74, 6) is 0. The Labute approximate surface area is 141 Å². The zero-order chi connectivity index (χ0) is 16.6. The number of aromatic nitrogens is 1. The maximum absolute atomic E-state index is 2.45. The van der Waals surface area contributed by atoms with Crippen molar-refractivity contribution in [1.29, 1.82) is 0 Å². The Morgan fingerprint density at radius 3 is 2.26 bits per heavy atom. The first-order chi connectivity index (χ1) is 10.8. The lowest BCUT2D eigenvalue weighted by Crippen LogP contribution is -2.32. The second-order valence-corrected chi connectivity index (χ2v) is 8.41. The third-order valence-electron chi connectivity index (χ3n) is 4.89. The highest BCUT2D eigenvalue weighted by Crippen LogP contribution is 2.29. The lowest BCUT2D eigenvalue weighted by atomic mass is 9.87. The molecule has 0 aliphatic heterocycles.